The Morgan fingerprint density at radius 2 is 1.00 bits per heavy atom. The molecule has 10 rings (SSSR count). The minimum Gasteiger partial charge on any atom is -0.228 e. The Morgan fingerprint density at radius 1 is 0.400 bits per heavy atom. The number of rotatable bonds is 4. The molecule has 0 saturated carbocycles. The molecule has 2 nitrogen and oxygen atoms in total. The van der Waals surface area contributed by atoms with Crippen LogP contribution in [0.5, 0.6) is 0 Å². The number of aromatic nitrogens is 2. The van der Waals surface area contributed by atoms with E-state index in [0.717, 1.165) is 39.3 Å². The van der Waals surface area contributed by atoms with Gasteiger partial charge in [0.25, 0.3) is 0 Å². The zero-order valence-electron chi connectivity index (χ0n) is 27.8. The number of benzene rings is 7. The molecule has 0 radical (unpaired) electrons. The van der Waals surface area contributed by atoms with Crippen molar-refractivity contribution in [3.63, 3.8) is 0 Å². The standard InChI is InChI=1S/C47H32N2S/c1-47(2)40-18-10-8-16-35(40)36-22-20-30(26-41(36)47)32-24-25-39(34-15-7-6-14-33(32)34)46-48-42(29-12-4-3-5-13-29)28-43(49-46)31-21-23-38-37-17-9-11-19-44(37)50-45(38)27-31/h3-28H,1-2H3. The van der Waals surface area contributed by atoms with E-state index in [1.807, 2.05) is 17.4 Å². The van der Waals surface area contributed by atoms with Crippen LogP contribution in [-0.2, 0) is 5.41 Å². The second kappa shape index (κ2) is 11.1. The van der Waals surface area contributed by atoms with Gasteiger partial charge in [0.05, 0.1) is 11.4 Å². The van der Waals surface area contributed by atoms with E-state index in [4.69, 9.17) is 9.97 Å². The van der Waals surface area contributed by atoms with Gasteiger partial charge in [-0.25, -0.2) is 9.97 Å². The molecule has 0 aliphatic heterocycles. The summed E-state index contributed by atoms with van der Waals surface area (Å²) in [6, 6.07) is 57.0. The Kier molecular flexibility index (Phi) is 6.43. The first kappa shape index (κ1) is 29.1. The molecule has 1 aliphatic rings. The lowest BCUT2D eigenvalue weighted by atomic mass is 9.81. The number of thiophene rings is 1. The highest BCUT2D eigenvalue weighted by atomic mass is 32.1. The van der Waals surface area contributed by atoms with Crippen LogP contribution in [-0.4, -0.2) is 9.97 Å². The normalized spacial score (nSPS) is 13.2. The van der Waals surface area contributed by atoms with Gasteiger partial charge in [-0.2, -0.15) is 0 Å². The summed E-state index contributed by atoms with van der Waals surface area (Å²) in [5.41, 5.74) is 12.9. The number of hydrogen-bond donors (Lipinski definition) is 0. The van der Waals surface area contributed by atoms with Gasteiger partial charge >= 0.3 is 0 Å². The predicted octanol–water partition coefficient (Wildman–Crippen LogP) is 13.0. The van der Waals surface area contributed by atoms with Crippen molar-refractivity contribution in [2.24, 2.45) is 0 Å². The first-order chi connectivity index (χ1) is 24.5. The topological polar surface area (TPSA) is 25.8 Å². The Bertz CT molecular complexity index is 2790. The first-order valence-electron chi connectivity index (χ1n) is 17.2. The van der Waals surface area contributed by atoms with Crippen LogP contribution in [0.4, 0.5) is 0 Å². The van der Waals surface area contributed by atoms with Crippen LogP contribution in [0.15, 0.2) is 158 Å². The van der Waals surface area contributed by atoms with Crippen LogP contribution >= 0.6 is 11.3 Å². The molecular formula is C47H32N2S. The van der Waals surface area contributed by atoms with Gasteiger partial charge in [0.15, 0.2) is 5.82 Å². The van der Waals surface area contributed by atoms with E-state index < -0.39 is 0 Å². The summed E-state index contributed by atoms with van der Waals surface area (Å²) >= 11 is 1.83. The number of nitrogens with zero attached hydrogens (tertiary/aromatic N) is 2. The first-order valence-corrected chi connectivity index (χ1v) is 18.0. The lowest BCUT2D eigenvalue weighted by Gasteiger charge is -2.22. The average Bonchev–Trinajstić information content (AvgIpc) is 3.66. The van der Waals surface area contributed by atoms with Gasteiger partial charge in [-0.1, -0.05) is 141 Å². The maximum absolute atomic E-state index is 5.30. The summed E-state index contributed by atoms with van der Waals surface area (Å²) < 4.78 is 2.57. The van der Waals surface area contributed by atoms with Gasteiger partial charge in [0.2, 0.25) is 0 Å². The molecule has 9 aromatic rings. The SMILES string of the molecule is CC1(C)c2ccccc2-c2ccc(-c3ccc(-c4nc(-c5ccccc5)cc(-c5ccc6c(c5)sc5ccccc56)n4)c4ccccc34)cc21. The largest absolute Gasteiger partial charge is 0.228 e. The molecule has 0 N–H and O–H groups in total. The third-order valence-electron chi connectivity index (χ3n) is 10.5. The van der Waals surface area contributed by atoms with Crippen molar-refractivity contribution in [1.82, 2.24) is 9.97 Å². The van der Waals surface area contributed by atoms with Crippen LogP contribution in [0.1, 0.15) is 25.0 Å². The molecule has 50 heavy (non-hydrogen) atoms. The van der Waals surface area contributed by atoms with E-state index in [1.54, 1.807) is 0 Å². The molecule has 0 amide bonds. The highest BCUT2D eigenvalue weighted by molar-refractivity contribution is 7.25. The van der Waals surface area contributed by atoms with Crippen molar-refractivity contribution < 1.29 is 0 Å². The minimum atomic E-state index is -0.0569. The van der Waals surface area contributed by atoms with Crippen molar-refractivity contribution in [2.45, 2.75) is 19.3 Å². The Balaban J connectivity index is 1.14. The highest BCUT2D eigenvalue weighted by Gasteiger charge is 2.35. The molecule has 2 aromatic heterocycles. The van der Waals surface area contributed by atoms with Crippen molar-refractivity contribution in [3.8, 4) is 56.2 Å². The van der Waals surface area contributed by atoms with E-state index in [2.05, 4.69) is 166 Å². The smallest absolute Gasteiger partial charge is 0.161 e. The molecule has 236 valence electrons. The summed E-state index contributed by atoms with van der Waals surface area (Å²) in [5, 5.41) is 4.92. The van der Waals surface area contributed by atoms with Gasteiger partial charge in [0.1, 0.15) is 0 Å². The van der Waals surface area contributed by atoms with Crippen LogP contribution in [0, 0.1) is 0 Å². The third-order valence-corrected chi connectivity index (χ3v) is 11.7. The summed E-state index contributed by atoms with van der Waals surface area (Å²) in [6.07, 6.45) is 0. The fourth-order valence-corrected chi connectivity index (χ4v) is 9.12. The van der Waals surface area contributed by atoms with Crippen molar-refractivity contribution in [3.05, 3.63) is 169 Å². The van der Waals surface area contributed by atoms with Crippen LogP contribution in [0.25, 0.3) is 87.1 Å². The second-order valence-electron chi connectivity index (χ2n) is 13.8. The molecule has 0 spiro atoms. The Morgan fingerprint density at radius 3 is 1.84 bits per heavy atom. The van der Waals surface area contributed by atoms with E-state index in [9.17, 15) is 0 Å². The fourth-order valence-electron chi connectivity index (χ4n) is 7.98. The quantitative estimate of drug-likeness (QED) is 0.188. The highest BCUT2D eigenvalue weighted by Crippen LogP contribution is 2.50. The predicted molar refractivity (Wildman–Crippen MR) is 212 cm³/mol. The van der Waals surface area contributed by atoms with Gasteiger partial charge in [-0.15, -0.1) is 11.3 Å². The maximum atomic E-state index is 5.30. The molecule has 7 aromatic carbocycles. The van der Waals surface area contributed by atoms with E-state index in [0.29, 0.717) is 0 Å². The summed E-state index contributed by atoms with van der Waals surface area (Å²) in [6.45, 7) is 4.69. The van der Waals surface area contributed by atoms with Gasteiger partial charge < -0.3 is 0 Å². The second-order valence-corrected chi connectivity index (χ2v) is 14.9. The van der Waals surface area contributed by atoms with Crippen LogP contribution < -0.4 is 0 Å². The van der Waals surface area contributed by atoms with E-state index in [1.165, 1.54) is 58.9 Å². The molecule has 0 fully saturated rings. The number of fused-ring (bicyclic) bond motifs is 7. The van der Waals surface area contributed by atoms with Gasteiger partial charge in [0, 0.05) is 42.3 Å². The molecule has 0 unspecified atom stereocenters. The maximum Gasteiger partial charge on any atom is 0.161 e. The minimum absolute atomic E-state index is 0.0569. The number of hydrogen-bond acceptors (Lipinski definition) is 3. The van der Waals surface area contributed by atoms with Crippen molar-refractivity contribution in [1.29, 1.82) is 0 Å². The lowest BCUT2D eigenvalue weighted by Crippen LogP contribution is -2.14. The lowest BCUT2D eigenvalue weighted by molar-refractivity contribution is 0.660. The third kappa shape index (κ3) is 4.47. The van der Waals surface area contributed by atoms with Gasteiger partial charge in [-0.05, 0) is 74.5 Å². The van der Waals surface area contributed by atoms with Crippen molar-refractivity contribution in [2.75, 3.05) is 0 Å². The molecule has 0 atom stereocenters. The fraction of sp³-hybridized carbons (Fsp3) is 0.0638. The van der Waals surface area contributed by atoms with Crippen LogP contribution in [0.2, 0.25) is 0 Å². The Labute approximate surface area is 295 Å². The zero-order chi connectivity index (χ0) is 33.4. The van der Waals surface area contributed by atoms with Crippen molar-refractivity contribution >= 4 is 42.3 Å². The summed E-state index contributed by atoms with van der Waals surface area (Å²) in [5.74, 6) is 0.728. The average molecular weight is 657 g/mol. The van der Waals surface area contributed by atoms with E-state index >= 15 is 0 Å². The van der Waals surface area contributed by atoms with Crippen LogP contribution in [0.3, 0.4) is 0 Å². The zero-order valence-corrected chi connectivity index (χ0v) is 28.6. The monoisotopic (exact) mass is 656 g/mol. The molecule has 1 aliphatic carbocycles. The summed E-state index contributed by atoms with van der Waals surface area (Å²) in [7, 11) is 0. The molecule has 0 saturated heterocycles. The molecular weight excluding hydrogens is 625 g/mol. The molecule has 3 heteroatoms. The summed E-state index contributed by atoms with van der Waals surface area (Å²) in [4.78, 5) is 10.5. The Hall–Kier alpha value is -5.90. The van der Waals surface area contributed by atoms with E-state index in [-0.39, 0.29) is 5.41 Å². The molecule has 0 bridgehead atoms. The molecule has 2 heterocycles. The van der Waals surface area contributed by atoms with Gasteiger partial charge in [-0.3, -0.25) is 0 Å².